The molecule has 0 saturated carbocycles. The summed E-state index contributed by atoms with van der Waals surface area (Å²) in [6.07, 6.45) is 7.35. The molecule has 0 amide bonds. The van der Waals surface area contributed by atoms with E-state index in [0.29, 0.717) is 0 Å². The SMILES string of the molecule is Cc1ccc(-c2c[n+]3c(n2-c2ccc(Br)cc2)CCCCC3)cc1. The third-order valence-corrected chi connectivity index (χ3v) is 5.37. The van der Waals surface area contributed by atoms with Gasteiger partial charge in [-0.25, -0.2) is 4.57 Å². The highest BCUT2D eigenvalue weighted by molar-refractivity contribution is 9.10. The zero-order chi connectivity index (χ0) is 16.5. The van der Waals surface area contributed by atoms with Crippen molar-refractivity contribution in [1.82, 2.24) is 4.57 Å². The Balaban J connectivity index is 1.92. The third kappa shape index (κ3) is 2.93. The molecule has 24 heavy (non-hydrogen) atoms. The van der Waals surface area contributed by atoms with E-state index in [-0.39, 0.29) is 0 Å². The Bertz CT molecular complexity index is 845. The minimum Gasteiger partial charge on any atom is -0.233 e. The van der Waals surface area contributed by atoms with Gasteiger partial charge in [-0.05, 0) is 50.5 Å². The largest absolute Gasteiger partial charge is 0.262 e. The Hall–Kier alpha value is -1.87. The average molecular weight is 382 g/mol. The maximum atomic E-state index is 3.55. The Morgan fingerprint density at radius 2 is 1.67 bits per heavy atom. The molecule has 2 heterocycles. The predicted octanol–water partition coefficient (Wildman–Crippen LogP) is 5.23. The van der Waals surface area contributed by atoms with Crippen LogP contribution in [0, 0.1) is 6.92 Å². The molecule has 0 N–H and O–H groups in total. The molecule has 0 spiro atoms. The lowest BCUT2D eigenvalue weighted by Crippen LogP contribution is -2.35. The van der Waals surface area contributed by atoms with Crippen molar-refractivity contribution >= 4 is 15.9 Å². The van der Waals surface area contributed by atoms with Crippen LogP contribution in [0.1, 0.15) is 30.7 Å². The number of nitrogens with zero attached hydrogens (tertiary/aromatic N) is 2. The fourth-order valence-corrected chi connectivity index (χ4v) is 3.81. The van der Waals surface area contributed by atoms with Crippen molar-refractivity contribution in [3.05, 3.63) is 70.6 Å². The summed E-state index contributed by atoms with van der Waals surface area (Å²) in [4.78, 5) is 0. The minimum atomic E-state index is 1.12. The van der Waals surface area contributed by atoms with Gasteiger partial charge in [-0.1, -0.05) is 45.8 Å². The standard InChI is InChI=1S/C21H22BrN2/c1-16-6-8-17(9-7-16)20-15-23-14-4-2-3-5-21(23)24(20)19-12-10-18(22)11-13-19/h6-13,15H,2-5,14H2,1H3/q+1. The van der Waals surface area contributed by atoms with Crippen molar-refractivity contribution in [3.63, 3.8) is 0 Å². The summed E-state index contributed by atoms with van der Waals surface area (Å²) in [6.45, 7) is 3.26. The summed E-state index contributed by atoms with van der Waals surface area (Å²) in [5.41, 5.74) is 5.11. The monoisotopic (exact) mass is 381 g/mol. The molecule has 3 heteroatoms. The number of hydrogen-bond donors (Lipinski definition) is 0. The number of halogens is 1. The van der Waals surface area contributed by atoms with Crippen LogP contribution in [0.5, 0.6) is 0 Å². The quantitative estimate of drug-likeness (QED) is 0.537. The Labute approximate surface area is 151 Å². The maximum Gasteiger partial charge on any atom is 0.262 e. The van der Waals surface area contributed by atoms with Crippen LogP contribution in [-0.2, 0) is 13.0 Å². The molecule has 0 bridgehead atoms. The molecule has 0 fully saturated rings. The first-order valence-corrected chi connectivity index (χ1v) is 9.49. The van der Waals surface area contributed by atoms with Gasteiger partial charge in [0.2, 0.25) is 0 Å². The van der Waals surface area contributed by atoms with Crippen molar-refractivity contribution in [3.8, 4) is 16.9 Å². The summed E-state index contributed by atoms with van der Waals surface area (Å²) in [7, 11) is 0. The Morgan fingerprint density at radius 3 is 2.42 bits per heavy atom. The topological polar surface area (TPSA) is 8.81 Å². The van der Waals surface area contributed by atoms with Gasteiger partial charge in [-0.3, -0.25) is 0 Å². The van der Waals surface area contributed by atoms with E-state index in [1.165, 1.54) is 47.6 Å². The fourth-order valence-electron chi connectivity index (χ4n) is 3.54. The molecule has 3 aromatic rings. The predicted molar refractivity (Wildman–Crippen MR) is 101 cm³/mol. The lowest BCUT2D eigenvalue weighted by Gasteiger charge is -2.06. The average Bonchev–Trinajstić information content (AvgIpc) is 2.79. The molecule has 2 aromatic carbocycles. The van der Waals surface area contributed by atoms with Gasteiger partial charge in [0.25, 0.3) is 5.82 Å². The summed E-state index contributed by atoms with van der Waals surface area (Å²) in [6, 6.07) is 17.5. The first kappa shape index (κ1) is 15.6. The molecule has 4 rings (SSSR count). The number of hydrogen-bond acceptors (Lipinski definition) is 0. The minimum absolute atomic E-state index is 1.12. The molecule has 1 aliphatic heterocycles. The number of aromatic nitrogens is 2. The zero-order valence-corrected chi connectivity index (χ0v) is 15.6. The van der Waals surface area contributed by atoms with E-state index in [4.69, 9.17) is 0 Å². The molecule has 1 aliphatic rings. The molecule has 122 valence electrons. The van der Waals surface area contributed by atoms with Gasteiger partial charge in [0.05, 0.1) is 6.54 Å². The van der Waals surface area contributed by atoms with Gasteiger partial charge >= 0.3 is 0 Å². The zero-order valence-electron chi connectivity index (χ0n) is 14.0. The highest BCUT2D eigenvalue weighted by atomic mass is 79.9. The number of benzene rings is 2. The third-order valence-electron chi connectivity index (χ3n) is 4.84. The summed E-state index contributed by atoms with van der Waals surface area (Å²) < 4.78 is 6.03. The lowest BCUT2D eigenvalue weighted by atomic mass is 10.1. The second kappa shape index (κ2) is 6.56. The van der Waals surface area contributed by atoms with Crippen molar-refractivity contribution in [2.45, 2.75) is 39.2 Å². The number of fused-ring (bicyclic) bond motifs is 1. The first-order valence-electron chi connectivity index (χ1n) is 8.69. The van der Waals surface area contributed by atoms with Gasteiger partial charge in [0.1, 0.15) is 11.9 Å². The number of imidazole rings is 1. The van der Waals surface area contributed by atoms with E-state index < -0.39 is 0 Å². The molecular formula is C21H22BrN2+. The van der Waals surface area contributed by atoms with Crippen LogP contribution >= 0.6 is 15.9 Å². The van der Waals surface area contributed by atoms with Crippen LogP contribution in [0.15, 0.2) is 59.2 Å². The van der Waals surface area contributed by atoms with E-state index in [1.807, 2.05) is 0 Å². The van der Waals surface area contributed by atoms with Crippen LogP contribution in [-0.4, -0.2) is 4.57 Å². The molecular weight excluding hydrogens is 360 g/mol. The van der Waals surface area contributed by atoms with Gasteiger partial charge in [0.15, 0.2) is 5.69 Å². The maximum absolute atomic E-state index is 3.55. The Kier molecular flexibility index (Phi) is 4.28. The van der Waals surface area contributed by atoms with Crippen LogP contribution in [0.25, 0.3) is 16.9 Å². The van der Waals surface area contributed by atoms with Crippen LogP contribution in [0.4, 0.5) is 0 Å². The van der Waals surface area contributed by atoms with Crippen LogP contribution in [0.3, 0.4) is 0 Å². The highest BCUT2D eigenvalue weighted by Gasteiger charge is 2.26. The molecule has 0 aliphatic carbocycles. The molecule has 0 radical (unpaired) electrons. The molecule has 2 nitrogen and oxygen atoms in total. The van der Waals surface area contributed by atoms with Gasteiger partial charge in [-0.2, -0.15) is 4.57 Å². The van der Waals surface area contributed by atoms with Gasteiger partial charge in [0, 0.05) is 16.5 Å². The Morgan fingerprint density at radius 1 is 0.917 bits per heavy atom. The second-order valence-electron chi connectivity index (χ2n) is 6.61. The lowest BCUT2D eigenvalue weighted by molar-refractivity contribution is -0.702. The van der Waals surface area contributed by atoms with Crippen molar-refractivity contribution in [2.24, 2.45) is 0 Å². The van der Waals surface area contributed by atoms with Crippen LogP contribution in [0.2, 0.25) is 0 Å². The first-order chi connectivity index (χ1) is 11.7. The summed E-state index contributed by atoms with van der Waals surface area (Å²) in [5, 5.41) is 0. The molecule has 1 aromatic heterocycles. The van der Waals surface area contributed by atoms with Gasteiger partial charge in [-0.15, -0.1) is 0 Å². The van der Waals surface area contributed by atoms with Gasteiger partial charge < -0.3 is 0 Å². The van der Waals surface area contributed by atoms with E-state index in [9.17, 15) is 0 Å². The van der Waals surface area contributed by atoms with Crippen molar-refractivity contribution in [1.29, 1.82) is 0 Å². The smallest absolute Gasteiger partial charge is 0.233 e. The van der Waals surface area contributed by atoms with Crippen molar-refractivity contribution in [2.75, 3.05) is 0 Å². The van der Waals surface area contributed by atoms with E-state index in [2.05, 4.69) is 86.7 Å². The molecule has 0 atom stereocenters. The second-order valence-corrected chi connectivity index (χ2v) is 7.53. The normalized spacial score (nSPS) is 14.2. The number of rotatable bonds is 2. The summed E-state index contributed by atoms with van der Waals surface area (Å²) >= 11 is 3.55. The van der Waals surface area contributed by atoms with E-state index in [0.717, 1.165) is 17.4 Å². The number of aryl methyl sites for hydroxylation is 2. The van der Waals surface area contributed by atoms with Crippen molar-refractivity contribution < 1.29 is 4.57 Å². The molecule has 0 unspecified atom stereocenters. The van der Waals surface area contributed by atoms with E-state index >= 15 is 0 Å². The molecule has 0 saturated heterocycles. The summed E-state index contributed by atoms with van der Waals surface area (Å²) in [5.74, 6) is 1.42. The van der Waals surface area contributed by atoms with E-state index in [1.54, 1.807) is 0 Å². The fraction of sp³-hybridized carbons (Fsp3) is 0.286. The highest BCUT2D eigenvalue weighted by Crippen LogP contribution is 2.27. The van der Waals surface area contributed by atoms with Crippen LogP contribution < -0.4 is 4.57 Å².